The summed E-state index contributed by atoms with van der Waals surface area (Å²) in [5.74, 6) is 1.64. The number of nitrogens with two attached hydrogens (primary N) is 1. The lowest BCUT2D eigenvalue weighted by atomic mass is 9.86. The fourth-order valence-corrected chi connectivity index (χ4v) is 3.11. The molecule has 98 valence electrons. The molecule has 0 spiro atoms. The summed E-state index contributed by atoms with van der Waals surface area (Å²) < 4.78 is 0. The van der Waals surface area contributed by atoms with E-state index in [4.69, 9.17) is 5.73 Å². The Hall–Kier alpha value is -0.570. The van der Waals surface area contributed by atoms with Crippen LogP contribution in [0.4, 0.5) is 0 Å². The van der Waals surface area contributed by atoms with Crippen LogP contribution < -0.4 is 5.73 Å². The van der Waals surface area contributed by atoms with Crippen molar-refractivity contribution in [1.29, 1.82) is 0 Å². The van der Waals surface area contributed by atoms with E-state index in [0.717, 1.165) is 6.42 Å². The quantitative estimate of drug-likeness (QED) is 0.797. The molecule has 0 aromatic heterocycles. The van der Waals surface area contributed by atoms with Crippen molar-refractivity contribution in [1.82, 2.24) is 4.90 Å². The van der Waals surface area contributed by atoms with E-state index in [1.165, 1.54) is 44.9 Å². The number of hydrogen-bond acceptors (Lipinski definition) is 2. The third-order valence-electron chi connectivity index (χ3n) is 4.49. The molecule has 2 aliphatic carbocycles. The molecule has 17 heavy (non-hydrogen) atoms. The van der Waals surface area contributed by atoms with Crippen molar-refractivity contribution in [3.63, 3.8) is 0 Å². The number of carbonyl (C=O) groups excluding carboxylic acids is 1. The van der Waals surface area contributed by atoms with Crippen LogP contribution in [0.2, 0.25) is 0 Å². The third kappa shape index (κ3) is 3.44. The van der Waals surface area contributed by atoms with Gasteiger partial charge in [0.25, 0.3) is 0 Å². The van der Waals surface area contributed by atoms with E-state index in [-0.39, 0.29) is 0 Å². The molecule has 2 N–H and O–H groups in total. The van der Waals surface area contributed by atoms with E-state index in [0.29, 0.717) is 30.3 Å². The highest BCUT2D eigenvalue weighted by Crippen LogP contribution is 2.35. The van der Waals surface area contributed by atoms with Crippen molar-refractivity contribution in [2.45, 2.75) is 57.4 Å². The van der Waals surface area contributed by atoms with Gasteiger partial charge in [0.05, 0.1) is 0 Å². The molecule has 2 fully saturated rings. The highest BCUT2D eigenvalue weighted by Gasteiger charge is 2.35. The van der Waals surface area contributed by atoms with Crippen molar-refractivity contribution in [3.05, 3.63) is 0 Å². The van der Waals surface area contributed by atoms with Crippen LogP contribution in [-0.2, 0) is 4.79 Å². The first-order chi connectivity index (χ1) is 8.22. The fourth-order valence-electron chi connectivity index (χ4n) is 3.11. The zero-order chi connectivity index (χ0) is 12.3. The predicted octanol–water partition coefficient (Wildman–Crippen LogP) is 2.15. The first kappa shape index (κ1) is 12.9. The maximum atomic E-state index is 12.2. The number of nitrogens with zero attached hydrogens (tertiary/aromatic N) is 1. The molecule has 1 atom stereocenters. The largest absolute Gasteiger partial charge is 0.341 e. The van der Waals surface area contributed by atoms with Gasteiger partial charge in [0, 0.05) is 26.1 Å². The molecule has 3 nitrogen and oxygen atoms in total. The molecule has 0 saturated heterocycles. The molecular weight excluding hydrogens is 212 g/mol. The molecule has 2 rings (SSSR count). The lowest BCUT2D eigenvalue weighted by Crippen LogP contribution is -2.43. The number of carbonyl (C=O) groups is 1. The lowest BCUT2D eigenvalue weighted by molar-refractivity contribution is -0.133. The minimum Gasteiger partial charge on any atom is -0.341 e. The second-order valence-corrected chi connectivity index (χ2v) is 5.85. The molecule has 0 aromatic rings. The maximum Gasteiger partial charge on any atom is 0.222 e. The molecule has 0 aliphatic heterocycles. The first-order valence-electron chi connectivity index (χ1n) is 7.18. The van der Waals surface area contributed by atoms with Gasteiger partial charge in [-0.3, -0.25) is 4.79 Å². The predicted molar refractivity (Wildman–Crippen MR) is 69.5 cm³/mol. The molecule has 1 amide bonds. The van der Waals surface area contributed by atoms with Gasteiger partial charge in [-0.15, -0.1) is 0 Å². The number of likely N-dealkylation sites (N-methyl/N-ethyl adjacent to an activating group) is 1. The normalized spacial score (nSPS) is 23.4. The maximum absolute atomic E-state index is 12.2. The van der Waals surface area contributed by atoms with Gasteiger partial charge in [-0.25, -0.2) is 0 Å². The fraction of sp³-hybridized carbons (Fsp3) is 0.929. The van der Waals surface area contributed by atoms with E-state index >= 15 is 0 Å². The molecule has 2 saturated carbocycles. The average molecular weight is 238 g/mol. The van der Waals surface area contributed by atoms with Crippen molar-refractivity contribution in [3.8, 4) is 0 Å². The molecule has 0 bridgehead atoms. The van der Waals surface area contributed by atoms with Crippen LogP contribution in [0.15, 0.2) is 0 Å². The van der Waals surface area contributed by atoms with E-state index in [9.17, 15) is 4.79 Å². The average Bonchev–Trinajstić information content (AvgIpc) is 3.15. The van der Waals surface area contributed by atoms with Crippen LogP contribution in [0.5, 0.6) is 0 Å². The van der Waals surface area contributed by atoms with Crippen molar-refractivity contribution < 1.29 is 4.79 Å². The molecule has 0 aromatic carbocycles. The topological polar surface area (TPSA) is 46.3 Å². The van der Waals surface area contributed by atoms with Gasteiger partial charge in [-0.1, -0.05) is 19.3 Å². The molecule has 0 heterocycles. The van der Waals surface area contributed by atoms with Crippen LogP contribution >= 0.6 is 0 Å². The summed E-state index contributed by atoms with van der Waals surface area (Å²) in [4.78, 5) is 14.2. The highest BCUT2D eigenvalue weighted by molar-refractivity contribution is 5.76. The SMILES string of the molecule is CN(C(=O)CC1CCCCC1)C(CN)C1CC1. The van der Waals surface area contributed by atoms with Crippen molar-refractivity contribution in [2.75, 3.05) is 13.6 Å². The Balaban J connectivity index is 1.80. The Morgan fingerprint density at radius 1 is 1.24 bits per heavy atom. The van der Waals surface area contributed by atoms with Gasteiger partial charge in [-0.05, 0) is 37.5 Å². The second kappa shape index (κ2) is 5.85. The Kier molecular flexibility index (Phi) is 4.43. The van der Waals surface area contributed by atoms with Gasteiger partial charge < -0.3 is 10.6 Å². The number of rotatable bonds is 5. The van der Waals surface area contributed by atoms with Crippen molar-refractivity contribution >= 4 is 5.91 Å². The van der Waals surface area contributed by atoms with Gasteiger partial charge in [-0.2, -0.15) is 0 Å². The van der Waals surface area contributed by atoms with E-state index < -0.39 is 0 Å². The van der Waals surface area contributed by atoms with Crippen LogP contribution in [0.1, 0.15) is 51.4 Å². The summed E-state index contributed by atoms with van der Waals surface area (Å²) in [6.07, 6.45) is 9.72. The van der Waals surface area contributed by atoms with Gasteiger partial charge >= 0.3 is 0 Å². The zero-order valence-electron chi connectivity index (χ0n) is 11.0. The second-order valence-electron chi connectivity index (χ2n) is 5.85. The standard InChI is InChI=1S/C14H26N2O/c1-16(13(10-15)12-7-8-12)14(17)9-11-5-3-2-4-6-11/h11-13H,2-10,15H2,1H3. The van der Waals surface area contributed by atoms with Crippen LogP contribution in [-0.4, -0.2) is 30.4 Å². The summed E-state index contributed by atoms with van der Waals surface area (Å²) in [5, 5.41) is 0. The Morgan fingerprint density at radius 3 is 2.41 bits per heavy atom. The molecule has 0 radical (unpaired) electrons. The third-order valence-corrected chi connectivity index (χ3v) is 4.49. The van der Waals surface area contributed by atoms with E-state index in [1.807, 2.05) is 11.9 Å². The van der Waals surface area contributed by atoms with Gasteiger partial charge in [0.15, 0.2) is 0 Å². The van der Waals surface area contributed by atoms with E-state index in [2.05, 4.69) is 0 Å². The Bertz CT molecular complexity index is 257. The minimum absolute atomic E-state index is 0.297. The smallest absolute Gasteiger partial charge is 0.222 e. The summed E-state index contributed by atoms with van der Waals surface area (Å²) in [6.45, 7) is 0.623. The lowest BCUT2D eigenvalue weighted by Gasteiger charge is -2.29. The van der Waals surface area contributed by atoms with Gasteiger partial charge in [0.2, 0.25) is 5.91 Å². The van der Waals surface area contributed by atoms with Crippen LogP contribution in [0.25, 0.3) is 0 Å². The minimum atomic E-state index is 0.297. The molecular formula is C14H26N2O. The van der Waals surface area contributed by atoms with Crippen LogP contribution in [0.3, 0.4) is 0 Å². The monoisotopic (exact) mass is 238 g/mol. The summed E-state index contributed by atoms with van der Waals surface area (Å²) in [5.41, 5.74) is 5.79. The summed E-state index contributed by atoms with van der Waals surface area (Å²) >= 11 is 0. The Morgan fingerprint density at radius 2 is 1.88 bits per heavy atom. The molecule has 3 heteroatoms. The zero-order valence-corrected chi connectivity index (χ0v) is 11.0. The van der Waals surface area contributed by atoms with Gasteiger partial charge in [0.1, 0.15) is 0 Å². The Labute approximate surface area is 105 Å². The summed E-state index contributed by atoms with van der Waals surface area (Å²) in [7, 11) is 1.95. The first-order valence-corrected chi connectivity index (χ1v) is 7.18. The molecule has 1 unspecified atom stereocenters. The number of amides is 1. The van der Waals surface area contributed by atoms with Crippen LogP contribution in [0, 0.1) is 11.8 Å². The highest BCUT2D eigenvalue weighted by atomic mass is 16.2. The van der Waals surface area contributed by atoms with Crippen molar-refractivity contribution in [2.24, 2.45) is 17.6 Å². The molecule has 2 aliphatic rings. The summed E-state index contributed by atoms with van der Waals surface area (Å²) in [6, 6.07) is 0.297. The van der Waals surface area contributed by atoms with E-state index in [1.54, 1.807) is 0 Å². The number of hydrogen-bond donors (Lipinski definition) is 1.